The lowest BCUT2D eigenvalue weighted by molar-refractivity contribution is -0.137. The Morgan fingerprint density at radius 2 is 1.56 bits per heavy atom. The summed E-state index contributed by atoms with van der Waals surface area (Å²) in [7, 11) is -1.86. The molecular formula is C28H42ClN3O3S. The van der Waals surface area contributed by atoms with E-state index in [2.05, 4.69) is 28.9 Å². The maximum Gasteiger partial charge on any atom is 0.242 e. The van der Waals surface area contributed by atoms with Gasteiger partial charge in [-0.3, -0.25) is 4.79 Å². The van der Waals surface area contributed by atoms with Crippen LogP contribution in [0.15, 0.2) is 65.6 Å². The van der Waals surface area contributed by atoms with Crippen LogP contribution in [0, 0.1) is 5.92 Å². The number of hydrogen-bond acceptors (Lipinski definition) is 4. The summed E-state index contributed by atoms with van der Waals surface area (Å²) in [6.07, 6.45) is 2.86. The number of likely N-dealkylation sites (tertiary alicyclic amines) is 1. The van der Waals surface area contributed by atoms with Crippen LogP contribution in [0.3, 0.4) is 0 Å². The summed E-state index contributed by atoms with van der Waals surface area (Å²) in [4.78, 5) is 17.4. The number of nitrogens with zero attached hydrogens (tertiary/aromatic N) is 3. The first-order valence-corrected chi connectivity index (χ1v) is 14.3. The molecule has 1 aliphatic heterocycles. The highest BCUT2D eigenvalue weighted by atomic mass is 35.5. The first-order valence-electron chi connectivity index (χ1n) is 12.8. The monoisotopic (exact) mass is 535 g/mol. The first kappa shape index (κ1) is 30.3. The van der Waals surface area contributed by atoms with E-state index in [-0.39, 0.29) is 30.2 Å². The van der Waals surface area contributed by atoms with Crippen molar-refractivity contribution in [3.8, 4) is 0 Å². The minimum Gasteiger partial charge on any atom is -0.340 e. The SMILES string of the molecule is CCN(C(=O)C(C)C)C1CCN(CCC(CN(C)S(=O)(=O)c2ccccc2)c2ccccc2)CC1.Cl. The Morgan fingerprint density at radius 1 is 1.00 bits per heavy atom. The van der Waals surface area contributed by atoms with E-state index in [0.717, 1.165) is 51.0 Å². The second kappa shape index (κ2) is 14.1. The van der Waals surface area contributed by atoms with E-state index in [1.807, 2.05) is 38.1 Å². The summed E-state index contributed by atoms with van der Waals surface area (Å²) in [5.41, 5.74) is 1.16. The third-order valence-electron chi connectivity index (χ3n) is 7.11. The molecule has 0 aliphatic carbocycles. The van der Waals surface area contributed by atoms with Crippen LogP contribution in [-0.4, -0.2) is 74.2 Å². The van der Waals surface area contributed by atoms with Crippen molar-refractivity contribution in [2.75, 3.05) is 39.8 Å². The minimum absolute atomic E-state index is 0. The number of benzene rings is 2. The van der Waals surface area contributed by atoms with Crippen LogP contribution >= 0.6 is 12.4 Å². The van der Waals surface area contributed by atoms with Crippen molar-refractivity contribution in [3.63, 3.8) is 0 Å². The molecule has 1 saturated heterocycles. The predicted octanol–water partition coefficient (Wildman–Crippen LogP) is 4.87. The highest BCUT2D eigenvalue weighted by molar-refractivity contribution is 7.89. The van der Waals surface area contributed by atoms with Gasteiger partial charge >= 0.3 is 0 Å². The minimum atomic E-state index is -3.54. The fourth-order valence-electron chi connectivity index (χ4n) is 4.99. The van der Waals surface area contributed by atoms with Crippen molar-refractivity contribution in [1.82, 2.24) is 14.1 Å². The van der Waals surface area contributed by atoms with E-state index in [4.69, 9.17) is 0 Å². The van der Waals surface area contributed by atoms with E-state index in [0.29, 0.717) is 17.5 Å². The molecule has 1 fully saturated rings. The molecule has 0 saturated carbocycles. The first-order chi connectivity index (χ1) is 16.7. The van der Waals surface area contributed by atoms with Crippen LogP contribution in [0.2, 0.25) is 0 Å². The second-order valence-corrected chi connectivity index (χ2v) is 11.9. The van der Waals surface area contributed by atoms with Crippen molar-refractivity contribution in [1.29, 1.82) is 0 Å². The number of halogens is 1. The van der Waals surface area contributed by atoms with Gasteiger partial charge in [0.15, 0.2) is 0 Å². The zero-order valence-electron chi connectivity index (χ0n) is 22.0. The maximum atomic E-state index is 13.1. The van der Waals surface area contributed by atoms with Crippen LogP contribution in [0.4, 0.5) is 0 Å². The maximum absolute atomic E-state index is 13.1. The van der Waals surface area contributed by atoms with Crippen molar-refractivity contribution < 1.29 is 13.2 Å². The molecule has 0 radical (unpaired) electrons. The number of sulfonamides is 1. The van der Waals surface area contributed by atoms with Crippen LogP contribution < -0.4 is 0 Å². The van der Waals surface area contributed by atoms with Crippen molar-refractivity contribution >= 4 is 28.3 Å². The number of piperidine rings is 1. The quantitative estimate of drug-likeness (QED) is 0.412. The molecule has 1 atom stereocenters. The van der Waals surface area contributed by atoms with Crippen LogP contribution in [0.5, 0.6) is 0 Å². The van der Waals surface area contributed by atoms with Gasteiger partial charge in [0.1, 0.15) is 0 Å². The number of hydrogen-bond donors (Lipinski definition) is 0. The van der Waals surface area contributed by atoms with Crippen LogP contribution in [0.1, 0.15) is 51.5 Å². The zero-order chi connectivity index (χ0) is 25.4. The molecule has 200 valence electrons. The van der Waals surface area contributed by atoms with Gasteiger partial charge in [0.2, 0.25) is 15.9 Å². The third-order valence-corrected chi connectivity index (χ3v) is 8.95. The Morgan fingerprint density at radius 3 is 2.08 bits per heavy atom. The number of amides is 1. The molecule has 3 rings (SSSR count). The zero-order valence-corrected chi connectivity index (χ0v) is 23.7. The molecule has 0 N–H and O–H groups in total. The fourth-order valence-corrected chi connectivity index (χ4v) is 6.23. The standard InChI is InChI=1S/C28H41N3O3S.ClH/c1-5-31(28(32)23(2)3)26-17-20-30(21-18-26)19-16-25(24-12-8-6-9-13-24)22-29(4)35(33,34)27-14-10-7-11-15-27;/h6-15,23,25-26H,5,16-22H2,1-4H3;1H. The van der Waals surface area contributed by atoms with E-state index < -0.39 is 10.0 Å². The highest BCUT2D eigenvalue weighted by Crippen LogP contribution is 2.26. The number of carbonyl (C=O) groups excluding carboxylic acids is 1. The predicted molar refractivity (Wildman–Crippen MR) is 149 cm³/mol. The molecule has 1 heterocycles. The van der Waals surface area contributed by atoms with E-state index in [1.165, 1.54) is 4.31 Å². The summed E-state index contributed by atoms with van der Waals surface area (Å²) in [6, 6.07) is 19.2. The molecule has 1 aliphatic rings. The fraction of sp³-hybridized carbons (Fsp3) is 0.536. The number of carbonyl (C=O) groups is 1. The Hall–Kier alpha value is -1.93. The molecular weight excluding hydrogens is 494 g/mol. The molecule has 1 amide bonds. The molecule has 2 aromatic carbocycles. The van der Waals surface area contributed by atoms with E-state index in [9.17, 15) is 13.2 Å². The van der Waals surface area contributed by atoms with E-state index >= 15 is 0 Å². The largest absolute Gasteiger partial charge is 0.340 e. The Balaban J connectivity index is 0.00000456. The van der Waals surface area contributed by atoms with Gasteiger partial charge in [-0.15, -0.1) is 12.4 Å². The van der Waals surface area contributed by atoms with Crippen LogP contribution in [-0.2, 0) is 14.8 Å². The lowest BCUT2D eigenvalue weighted by Crippen LogP contribution is -2.48. The average molecular weight is 536 g/mol. The Kier molecular flexibility index (Phi) is 11.9. The Bertz CT molecular complexity index is 1030. The third kappa shape index (κ3) is 7.78. The topological polar surface area (TPSA) is 60.9 Å². The lowest BCUT2D eigenvalue weighted by Gasteiger charge is -2.39. The lowest BCUT2D eigenvalue weighted by atomic mass is 9.94. The highest BCUT2D eigenvalue weighted by Gasteiger charge is 2.29. The van der Waals surface area contributed by atoms with Crippen molar-refractivity contribution in [2.45, 2.75) is 56.9 Å². The summed E-state index contributed by atoms with van der Waals surface area (Å²) in [6.45, 7) is 10.0. The van der Waals surface area contributed by atoms with Gasteiger partial charge in [-0.2, -0.15) is 0 Å². The second-order valence-electron chi connectivity index (χ2n) is 9.85. The normalized spacial score (nSPS) is 16.1. The van der Waals surface area contributed by atoms with Gasteiger partial charge in [-0.25, -0.2) is 12.7 Å². The molecule has 0 bridgehead atoms. The van der Waals surface area contributed by atoms with E-state index in [1.54, 1.807) is 31.3 Å². The molecule has 0 aromatic heterocycles. The molecule has 1 unspecified atom stereocenters. The number of likely N-dealkylation sites (N-methyl/N-ethyl adjacent to an activating group) is 1. The summed E-state index contributed by atoms with van der Waals surface area (Å²) in [5, 5.41) is 0. The Labute approximate surface area is 224 Å². The van der Waals surface area contributed by atoms with Crippen molar-refractivity contribution in [2.24, 2.45) is 5.92 Å². The average Bonchev–Trinajstić information content (AvgIpc) is 2.88. The number of rotatable bonds is 11. The molecule has 36 heavy (non-hydrogen) atoms. The van der Waals surface area contributed by atoms with Gasteiger partial charge in [0.05, 0.1) is 4.90 Å². The van der Waals surface area contributed by atoms with Gasteiger partial charge in [0, 0.05) is 45.2 Å². The van der Waals surface area contributed by atoms with Crippen LogP contribution in [0.25, 0.3) is 0 Å². The van der Waals surface area contributed by atoms with Gasteiger partial charge in [-0.05, 0) is 56.3 Å². The molecule has 0 spiro atoms. The molecule has 6 nitrogen and oxygen atoms in total. The molecule has 8 heteroatoms. The summed E-state index contributed by atoms with van der Waals surface area (Å²) in [5.74, 6) is 0.383. The van der Waals surface area contributed by atoms with Gasteiger partial charge in [0.25, 0.3) is 0 Å². The smallest absolute Gasteiger partial charge is 0.242 e. The van der Waals surface area contributed by atoms with Gasteiger partial charge < -0.3 is 9.80 Å². The molecule has 2 aromatic rings. The van der Waals surface area contributed by atoms with Gasteiger partial charge in [-0.1, -0.05) is 62.4 Å². The summed E-state index contributed by atoms with van der Waals surface area (Å²) < 4.78 is 27.7. The summed E-state index contributed by atoms with van der Waals surface area (Å²) >= 11 is 0. The van der Waals surface area contributed by atoms with Crippen molar-refractivity contribution in [3.05, 3.63) is 66.2 Å².